The molecule has 1 aromatic carbocycles. The molecule has 2 unspecified atom stereocenters. The van der Waals surface area contributed by atoms with Crippen LogP contribution in [0, 0.1) is 0 Å². The summed E-state index contributed by atoms with van der Waals surface area (Å²) in [6, 6.07) is 3.67. The smallest absolute Gasteiger partial charge is 0.339 e. The van der Waals surface area contributed by atoms with Gasteiger partial charge in [-0.05, 0) is 64.2 Å². The van der Waals surface area contributed by atoms with Crippen LogP contribution in [0.15, 0.2) is 59.6 Å². The highest BCUT2D eigenvalue weighted by molar-refractivity contribution is 6.07. The fourth-order valence-corrected chi connectivity index (χ4v) is 5.99. The van der Waals surface area contributed by atoms with E-state index in [1.165, 1.54) is 90.2 Å². The Balaban J connectivity index is 1.89. The van der Waals surface area contributed by atoms with E-state index in [0.29, 0.717) is 13.1 Å². The Bertz CT molecular complexity index is 1590. The first-order valence-electron chi connectivity index (χ1n) is 21.0. The molecule has 0 fully saturated rings. The Kier molecular flexibility index (Phi) is 25.1. The lowest BCUT2D eigenvalue weighted by Crippen LogP contribution is -2.37. The molecule has 14 nitrogen and oxygen atoms in total. The van der Waals surface area contributed by atoms with E-state index in [-0.39, 0.29) is 34.4 Å². The number of aliphatic hydroxyl groups is 2. The van der Waals surface area contributed by atoms with Gasteiger partial charge >= 0.3 is 23.9 Å². The standard InChI is InChI=1S/C45H67N3O11/c1-6-7-8-9-10-11-12-13-14-15-16-17-18-19-20-21-40-46-24-26-48(40)27-25-47-41(51)38-23-22-35(44(54)58-31-36(49)29-56-42(52)33(2)3)28-39(38)45(55)59-32-37(50)30-57-43(53)34(4)5/h13-14,22-23,28,36-37,49-50H,2,4,6-12,15-21,24-27,29-32H2,1,3,5H3,(H,47,51)/b14-13-. The number of benzene rings is 1. The molecule has 2 atom stereocenters. The van der Waals surface area contributed by atoms with Gasteiger partial charge < -0.3 is 39.4 Å². The number of amides is 1. The van der Waals surface area contributed by atoms with Gasteiger partial charge in [0.25, 0.3) is 5.91 Å². The first-order chi connectivity index (χ1) is 28.3. The second-order valence-corrected chi connectivity index (χ2v) is 14.9. The van der Waals surface area contributed by atoms with E-state index in [2.05, 4.69) is 47.4 Å². The highest BCUT2D eigenvalue weighted by Crippen LogP contribution is 2.17. The summed E-state index contributed by atoms with van der Waals surface area (Å²) in [6.45, 7) is 12.2. The van der Waals surface area contributed by atoms with Gasteiger partial charge in [-0.15, -0.1) is 0 Å². The Morgan fingerprint density at radius 2 is 1.27 bits per heavy atom. The van der Waals surface area contributed by atoms with E-state index in [1.807, 2.05) is 0 Å². The number of rotatable bonds is 31. The minimum Gasteiger partial charge on any atom is -0.459 e. The number of hydrogen-bond acceptors (Lipinski definition) is 13. The van der Waals surface area contributed by atoms with Crippen LogP contribution in [0.25, 0.3) is 0 Å². The molecule has 1 aliphatic rings. The summed E-state index contributed by atoms with van der Waals surface area (Å²) in [5, 5.41) is 23.1. The van der Waals surface area contributed by atoms with E-state index in [0.717, 1.165) is 44.1 Å². The van der Waals surface area contributed by atoms with Crippen LogP contribution in [0.1, 0.15) is 142 Å². The number of unbranched alkanes of at least 4 members (excludes halogenated alkanes) is 11. The SMILES string of the molecule is C=C(C)C(=O)OCC(O)COC(=O)c1ccc(C(=O)NCCN2CCN=C2CCCCCCC/C=C\CCCCCCCC)c(C(=O)OCC(O)COC(=O)C(=C)C)c1. The number of carbonyl (C=O) groups is 5. The van der Waals surface area contributed by atoms with Crippen molar-refractivity contribution >= 4 is 35.6 Å². The molecule has 328 valence electrons. The zero-order valence-electron chi connectivity index (χ0n) is 35.5. The van der Waals surface area contributed by atoms with Crippen molar-refractivity contribution in [2.75, 3.05) is 52.6 Å². The van der Waals surface area contributed by atoms with Gasteiger partial charge in [0.1, 0.15) is 38.6 Å². The fourth-order valence-electron chi connectivity index (χ4n) is 5.99. The van der Waals surface area contributed by atoms with Gasteiger partial charge in [-0.1, -0.05) is 83.6 Å². The second kappa shape index (κ2) is 29.4. The first-order valence-corrected chi connectivity index (χ1v) is 21.0. The van der Waals surface area contributed by atoms with Gasteiger partial charge in [0, 0.05) is 37.2 Å². The molecular formula is C45H67N3O11. The van der Waals surface area contributed by atoms with Crippen molar-refractivity contribution in [1.82, 2.24) is 10.2 Å². The van der Waals surface area contributed by atoms with Crippen molar-refractivity contribution in [3.05, 3.63) is 71.3 Å². The minimum absolute atomic E-state index is 0.0925. The number of carbonyl (C=O) groups excluding carboxylic acids is 5. The van der Waals surface area contributed by atoms with Crippen molar-refractivity contribution in [2.45, 2.75) is 123 Å². The highest BCUT2D eigenvalue weighted by atomic mass is 16.6. The van der Waals surface area contributed by atoms with Crippen LogP contribution in [0.2, 0.25) is 0 Å². The van der Waals surface area contributed by atoms with Crippen molar-refractivity contribution in [3.63, 3.8) is 0 Å². The van der Waals surface area contributed by atoms with E-state index in [4.69, 9.17) is 18.9 Å². The van der Waals surface area contributed by atoms with Gasteiger partial charge in [-0.2, -0.15) is 0 Å². The Morgan fingerprint density at radius 1 is 0.746 bits per heavy atom. The average Bonchev–Trinajstić information content (AvgIpc) is 3.67. The molecular weight excluding hydrogens is 759 g/mol. The number of nitrogens with zero attached hydrogens (tertiary/aromatic N) is 2. The zero-order chi connectivity index (χ0) is 43.4. The molecule has 3 N–H and O–H groups in total. The van der Waals surface area contributed by atoms with Crippen LogP contribution in [0.4, 0.5) is 0 Å². The largest absolute Gasteiger partial charge is 0.459 e. The van der Waals surface area contributed by atoms with Crippen molar-refractivity contribution in [3.8, 4) is 0 Å². The summed E-state index contributed by atoms with van der Waals surface area (Å²) in [6.07, 6.45) is 18.9. The highest BCUT2D eigenvalue weighted by Gasteiger charge is 2.24. The second-order valence-electron chi connectivity index (χ2n) is 14.9. The Labute approximate surface area is 350 Å². The summed E-state index contributed by atoms with van der Waals surface area (Å²) in [4.78, 5) is 69.7. The van der Waals surface area contributed by atoms with Gasteiger partial charge in [-0.3, -0.25) is 9.79 Å². The van der Waals surface area contributed by atoms with Crippen LogP contribution in [0.3, 0.4) is 0 Å². The third-order valence-electron chi connectivity index (χ3n) is 9.40. The average molecular weight is 826 g/mol. The normalized spacial score (nSPS) is 13.4. The maximum absolute atomic E-state index is 13.4. The van der Waals surface area contributed by atoms with Crippen LogP contribution < -0.4 is 5.32 Å². The molecule has 0 bridgehead atoms. The van der Waals surface area contributed by atoms with Crippen molar-refractivity contribution in [1.29, 1.82) is 0 Å². The first kappa shape index (κ1) is 50.3. The summed E-state index contributed by atoms with van der Waals surface area (Å²) in [5.74, 6) is -2.98. The lowest BCUT2D eigenvalue weighted by atomic mass is 10.0. The molecule has 0 saturated carbocycles. The number of allylic oxidation sites excluding steroid dienone is 2. The molecule has 1 amide bonds. The quantitative estimate of drug-likeness (QED) is 0.0245. The Morgan fingerprint density at radius 3 is 1.85 bits per heavy atom. The maximum Gasteiger partial charge on any atom is 0.339 e. The number of aliphatic imine (C=N–C) groups is 1. The monoisotopic (exact) mass is 825 g/mol. The Hall–Kier alpha value is -4.82. The third-order valence-corrected chi connectivity index (χ3v) is 9.40. The van der Waals surface area contributed by atoms with Gasteiger partial charge in [0.2, 0.25) is 0 Å². The van der Waals surface area contributed by atoms with Gasteiger partial charge in [0.15, 0.2) is 0 Å². The van der Waals surface area contributed by atoms with Crippen molar-refractivity contribution in [2.24, 2.45) is 4.99 Å². The zero-order valence-corrected chi connectivity index (χ0v) is 35.5. The van der Waals surface area contributed by atoms with Gasteiger partial charge in [0.05, 0.1) is 29.1 Å². The molecule has 0 radical (unpaired) electrons. The summed E-state index contributed by atoms with van der Waals surface area (Å²) >= 11 is 0. The lowest BCUT2D eigenvalue weighted by molar-refractivity contribution is -0.143. The number of aliphatic hydroxyl groups excluding tert-OH is 2. The third kappa shape index (κ3) is 21.1. The fraction of sp³-hybridized carbons (Fsp3) is 0.600. The maximum atomic E-state index is 13.4. The minimum atomic E-state index is -1.38. The molecule has 14 heteroatoms. The number of hydrogen-bond donors (Lipinski definition) is 3. The molecule has 0 saturated heterocycles. The van der Waals surface area contributed by atoms with E-state index in [9.17, 15) is 34.2 Å². The van der Waals surface area contributed by atoms with Crippen LogP contribution in [-0.4, -0.2) is 116 Å². The molecule has 1 aliphatic heterocycles. The van der Waals surface area contributed by atoms with Crippen LogP contribution in [0.5, 0.6) is 0 Å². The van der Waals surface area contributed by atoms with Crippen LogP contribution in [-0.2, 0) is 28.5 Å². The summed E-state index contributed by atoms with van der Waals surface area (Å²) in [7, 11) is 0. The molecule has 0 spiro atoms. The molecule has 59 heavy (non-hydrogen) atoms. The number of esters is 4. The van der Waals surface area contributed by atoms with Crippen molar-refractivity contribution < 1.29 is 53.1 Å². The number of nitrogens with one attached hydrogen (secondary N) is 1. The molecule has 0 aliphatic carbocycles. The molecule has 1 heterocycles. The molecule has 0 aromatic heterocycles. The van der Waals surface area contributed by atoms with E-state index >= 15 is 0 Å². The lowest BCUT2D eigenvalue weighted by Gasteiger charge is -2.21. The number of amidine groups is 1. The molecule has 2 rings (SSSR count). The summed E-state index contributed by atoms with van der Waals surface area (Å²) < 4.78 is 20.1. The van der Waals surface area contributed by atoms with E-state index in [1.54, 1.807) is 0 Å². The van der Waals surface area contributed by atoms with E-state index < -0.39 is 68.4 Å². The number of ether oxygens (including phenoxy) is 4. The van der Waals surface area contributed by atoms with Crippen LogP contribution >= 0.6 is 0 Å². The predicted molar refractivity (Wildman–Crippen MR) is 226 cm³/mol. The van der Waals surface area contributed by atoms with Gasteiger partial charge in [-0.25, -0.2) is 19.2 Å². The summed E-state index contributed by atoms with van der Waals surface area (Å²) in [5.41, 5.74) is -0.252. The molecule has 1 aromatic rings. The topological polar surface area (TPSA) is 190 Å². The predicted octanol–water partition coefficient (Wildman–Crippen LogP) is 6.44.